The molecule has 2 aromatic carbocycles. The SMILES string of the molecule is CC=C[Si](CC)(c1ccccc1)c1ccccc1. The maximum Gasteiger partial charge on any atom is 0.140 e. The number of rotatable bonds is 4. The Hall–Kier alpha value is -1.60. The molecule has 0 amide bonds. The first-order valence-electron chi connectivity index (χ1n) is 6.58. The Morgan fingerprint density at radius 2 is 1.28 bits per heavy atom. The minimum Gasteiger partial charge on any atom is -0.0948 e. The van der Waals surface area contributed by atoms with Crippen molar-refractivity contribution in [3.8, 4) is 0 Å². The number of hydrogen-bond acceptors (Lipinski definition) is 0. The predicted octanol–water partition coefficient (Wildman–Crippen LogP) is 3.38. The van der Waals surface area contributed by atoms with Crippen LogP contribution in [0.25, 0.3) is 0 Å². The Morgan fingerprint density at radius 3 is 1.61 bits per heavy atom. The minimum absolute atomic E-state index is 1.20. The Bertz CT molecular complexity index is 460. The van der Waals surface area contributed by atoms with Crippen LogP contribution in [0.3, 0.4) is 0 Å². The van der Waals surface area contributed by atoms with Gasteiger partial charge in [-0.25, -0.2) is 0 Å². The second-order valence-corrected chi connectivity index (χ2v) is 8.69. The molecule has 0 heterocycles. The van der Waals surface area contributed by atoms with Gasteiger partial charge in [0.25, 0.3) is 0 Å². The van der Waals surface area contributed by atoms with E-state index in [1.165, 1.54) is 16.4 Å². The van der Waals surface area contributed by atoms with Gasteiger partial charge in [0.2, 0.25) is 0 Å². The average molecular weight is 252 g/mol. The molecule has 0 aliphatic heterocycles. The lowest BCUT2D eigenvalue weighted by Crippen LogP contribution is -2.56. The lowest BCUT2D eigenvalue weighted by molar-refractivity contribution is 1.40. The summed E-state index contributed by atoms with van der Waals surface area (Å²) in [4.78, 5) is 0. The predicted molar refractivity (Wildman–Crippen MR) is 83.2 cm³/mol. The third kappa shape index (κ3) is 2.32. The Morgan fingerprint density at radius 1 is 0.833 bits per heavy atom. The molecule has 0 saturated heterocycles. The Labute approximate surface area is 111 Å². The van der Waals surface area contributed by atoms with Gasteiger partial charge in [-0.1, -0.05) is 79.4 Å². The number of allylic oxidation sites excluding steroid dienone is 1. The fourth-order valence-corrected chi connectivity index (χ4v) is 6.55. The van der Waals surface area contributed by atoms with Crippen LogP contribution in [0.1, 0.15) is 13.8 Å². The van der Waals surface area contributed by atoms with Crippen LogP contribution < -0.4 is 10.4 Å². The Balaban J connectivity index is 2.61. The van der Waals surface area contributed by atoms with Crippen LogP contribution in [0, 0.1) is 0 Å². The lowest BCUT2D eigenvalue weighted by Gasteiger charge is -2.28. The van der Waals surface area contributed by atoms with Gasteiger partial charge < -0.3 is 0 Å². The highest BCUT2D eigenvalue weighted by molar-refractivity contribution is 7.05. The molecule has 0 bridgehead atoms. The molecule has 0 fully saturated rings. The summed E-state index contributed by atoms with van der Waals surface area (Å²) in [5, 5.41) is 2.99. The van der Waals surface area contributed by atoms with Gasteiger partial charge in [-0.05, 0) is 23.3 Å². The standard InChI is InChI=1S/C17H20Si/c1-3-15-18(4-2,16-11-7-5-8-12-16)17-13-9-6-10-14-17/h3,5-15H,4H2,1-2H3. The largest absolute Gasteiger partial charge is 0.140 e. The fraction of sp³-hybridized carbons (Fsp3) is 0.176. The van der Waals surface area contributed by atoms with Crippen molar-refractivity contribution in [1.82, 2.24) is 0 Å². The van der Waals surface area contributed by atoms with Crippen molar-refractivity contribution in [2.45, 2.75) is 19.9 Å². The van der Waals surface area contributed by atoms with E-state index in [1.54, 1.807) is 0 Å². The van der Waals surface area contributed by atoms with Crippen molar-refractivity contribution in [2.75, 3.05) is 0 Å². The Kier molecular flexibility index (Phi) is 4.16. The molecule has 0 radical (unpaired) electrons. The van der Waals surface area contributed by atoms with Crippen molar-refractivity contribution in [3.63, 3.8) is 0 Å². The molecule has 0 nitrogen and oxygen atoms in total. The van der Waals surface area contributed by atoms with Crippen molar-refractivity contribution < 1.29 is 0 Å². The molecule has 0 unspecified atom stereocenters. The molecule has 0 saturated carbocycles. The van der Waals surface area contributed by atoms with Crippen molar-refractivity contribution >= 4 is 18.4 Å². The zero-order chi connectivity index (χ0) is 12.8. The summed E-state index contributed by atoms with van der Waals surface area (Å²) in [5.74, 6) is 0. The second kappa shape index (κ2) is 5.83. The van der Waals surface area contributed by atoms with E-state index in [-0.39, 0.29) is 0 Å². The minimum atomic E-state index is -1.70. The van der Waals surface area contributed by atoms with E-state index in [4.69, 9.17) is 0 Å². The van der Waals surface area contributed by atoms with Gasteiger partial charge in [-0.2, -0.15) is 0 Å². The van der Waals surface area contributed by atoms with E-state index >= 15 is 0 Å². The van der Waals surface area contributed by atoms with Crippen LogP contribution in [0.4, 0.5) is 0 Å². The maximum absolute atomic E-state index is 2.46. The number of benzene rings is 2. The summed E-state index contributed by atoms with van der Waals surface area (Å²) < 4.78 is 0. The number of hydrogen-bond donors (Lipinski definition) is 0. The highest BCUT2D eigenvalue weighted by atomic mass is 28.3. The van der Waals surface area contributed by atoms with Gasteiger partial charge >= 0.3 is 0 Å². The summed E-state index contributed by atoms with van der Waals surface area (Å²) in [6.45, 7) is 4.44. The highest BCUT2D eigenvalue weighted by Crippen LogP contribution is 2.12. The van der Waals surface area contributed by atoms with E-state index in [0.717, 1.165) is 0 Å². The van der Waals surface area contributed by atoms with E-state index in [1.807, 2.05) is 0 Å². The maximum atomic E-state index is 2.46. The van der Waals surface area contributed by atoms with Crippen LogP contribution in [0.2, 0.25) is 6.04 Å². The average Bonchev–Trinajstić information content (AvgIpc) is 2.47. The summed E-state index contributed by atoms with van der Waals surface area (Å²) in [7, 11) is -1.70. The molecule has 2 rings (SSSR count). The fourth-order valence-electron chi connectivity index (χ4n) is 2.64. The third-order valence-electron chi connectivity index (χ3n) is 3.59. The van der Waals surface area contributed by atoms with E-state index < -0.39 is 8.07 Å². The molecule has 0 aliphatic carbocycles. The lowest BCUT2D eigenvalue weighted by atomic mass is 10.4. The molecule has 92 valence electrons. The van der Waals surface area contributed by atoms with Crippen LogP contribution in [-0.2, 0) is 0 Å². The normalized spacial score (nSPS) is 11.9. The summed E-state index contributed by atoms with van der Waals surface area (Å²) >= 11 is 0. The van der Waals surface area contributed by atoms with Crippen LogP contribution >= 0.6 is 0 Å². The third-order valence-corrected chi connectivity index (χ3v) is 8.33. The smallest absolute Gasteiger partial charge is 0.0948 e. The van der Waals surface area contributed by atoms with E-state index in [2.05, 4.69) is 86.3 Å². The molecular weight excluding hydrogens is 232 g/mol. The second-order valence-electron chi connectivity index (χ2n) is 4.56. The monoisotopic (exact) mass is 252 g/mol. The van der Waals surface area contributed by atoms with Crippen molar-refractivity contribution in [1.29, 1.82) is 0 Å². The van der Waals surface area contributed by atoms with E-state index in [9.17, 15) is 0 Å². The van der Waals surface area contributed by atoms with Gasteiger partial charge in [0.05, 0.1) is 0 Å². The first kappa shape index (κ1) is 12.8. The van der Waals surface area contributed by atoms with Gasteiger partial charge in [0.15, 0.2) is 0 Å². The molecule has 0 atom stereocenters. The zero-order valence-corrected chi connectivity index (χ0v) is 12.1. The summed E-state index contributed by atoms with van der Waals surface area (Å²) in [5.41, 5.74) is 2.46. The molecule has 0 spiro atoms. The quantitative estimate of drug-likeness (QED) is 0.732. The topological polar surface area (TPSA) is 0 Å². The first-order valence-corrected chi connectivity index (χ1v) is 8.87. The van der Waals surface area contributed by atoms with Gasteiger partial charge in [0.1, 0.15) is 8.07 Å². The van der Waals surface area contributed by atoms with Crippen LogP contribution in [-0.4, -0.2) is 8.07 Å². The first-order chi connectivity index (χ1) is 8.83. The van der Waals surface area contributed by atoms with Crippen molar-refractivity contribution in [3.05, 3.63) is 72.4 Å². The van der Waals surface area contributed by atoms with E-state index in [0.29, 0.717) is 0 Å². The highest BCUT2D eigenvalue weighted by Gasteiger charge is 2.31. The molecule has 18 heavy (non-hydrogen) atoms. The van der Waals surface area contributed by atoms with Crippen LogP contribution in [0.15, 0.2) is 72.4 Å². The van der Waals surface area contributed by atoms with Gasteiger partial charge in [-0.3, -0.25) is 0 Å². The zero-order valence-electron chi connectivity index (χ0n) is 11.1. The molecule has 0 aliphatic rings. The van der Waals surface area contributed by atoms with Crippen LogP contribution in [0.5, 0.6) is 0 Å². The molecule has 0 N–H and O–H groups in total. The molecule has 1 heteroatoms. The van der Waals surface area contributed by atoms with Gasteiger partial charge in [-0.15, -0.1) is 0 Å². The summed E-state index contributed by atoms with van der Waals surface area (Å²) in [6, 6.07) is 23.1. The van der Waals surface area contributed by atoms with Gasteiger partial charge in [0, 0.05) is 0 Å². The van der Waals surface area contributed by atoms with Crippen molar-refractivity contribution in [2.24, 2.45) is 0 Å². The summed E-state index contributed by atoms with van der Waals surface area (Å²) in [6.07, 6.45) is 2.22. The molecular formula is C17H20Si. The molecule has 0 aromatic heterocycles. The molecule has 2 aromatic rings.